The number of aliphatic hydroxyl groups is 1. The van der Waals surface area contributed by atoms with Crippen LogP contribution in [0.25, 0.3) is 0 Å². The van der Waals surface area contributed by atoms with Crippen LogP contribution in [0.4, 0.5) is 0 Å². The van der Waals surface area contributed by atoms with Crippen molar-refractivity contribution in [2.75, 3.05) is 13.2 Å². The molecule has 1 aliphatic rings. The molecule has 0 aromatic heterocycles. The van der Waals surface area contributed by atoms with Gasteiger partial charge in [0.15, 0.2) is 6.29 Å². The van der Waals surface area contributed by atoms with Gasteiger partial charge in [0.1, 0.15) is 12.4 Å². The topological polar surface area (TPSA) is 38.7 Å². The first-order valence-electron chi connectivity index (χ1n) is 6.83. The lowest BCUT2D eigenvalue weighted by Gasteiger charge is -2.29. The number of benzene rings is 1. The SMILES string of the molecule is CC(C)CO[C@@H]1C[C@@H](c2ccccc2)C=C(CO)O1. The van der Waals surface area contributed by atoms with Crippen LogP contribution in [-0.4, -0.2) is 24.6 Å². The van der Waals surface area contributed by atoms with Crippen LogP contribution in [0.3, 0.4) is 0 Å². The summed E-state index contributed by atoms with van der Waals surface area (Å²) in [5.41, 5.74) is 1.23. The van der Waals surface area contributed by atoms with Crippen molar-refractivity contribution in [2.24, 2.45) is 5.92 Å². The Bertz CT molecular complexity index is 411. The van der Waals surface area contributed by atoms with E-state index >= 15 is 0 Å². The molecule has 0 saturated carbocycles. The van der Waals surface area contributed by atoms with E-state index < -0.39 is 0 Å². The van der Waals surface area contributed by atoms with E-state index in [4.69, 9.17) is 9.47 Å². The first-order valence-corrected chi connectivity index (χ1v) is 6.83. The van der Waals surface area contributed by atoms with Gasteiger partial charge in [-0.15, -0.1) is 0 Å². The Hall–Kier alpha value is -1.32. The van der Waals surface area contributed by atoms with Crippen molar-refractivity contribution in [3.8, 4) is 0 Å². The summed E-state index contributed by atoms with van der Waals surface area (Å²) in [7, 11) is 0. The molecule has 0 unspecified atom stereocenters. The molecule has 0 radical (unpaired) electrons. The minimum absolute atomic E-state index is 0.0785. The summed E-state index contributed by atoms with van der Waals surface area (Å²) < 4.78 is 11.4. The zero-order valence-corrected chi connectivity index (χ0v) is 11.6. The Balaban J connectivity index is 2.07. The van der Waals surface area contributed by atoms with E-state index in [0.29, 0.717) is 18.3 Å². The quantitative estimate of drug-likeness (QED) is 0.886. The van der Waals surface area contributed by atoms with Gasteiger partial charge >= 0.3 is 0 Å². The predicted molar refractivity (Wildman–Crippen MR) is 74.6 cm³/mol. The molecule has 0 spiro atoms. The van der Waals surface area contributed by atoms with Gasteiger partial charge in [-0.1, -0.05) is 44.2 Å². The van der Waals surface area contributed by atoms with Gasteiger partial charge in [-0.2, -0.15) is 0 Å². The van der Waals surface area contributed by atoms with E-state index in [9.17, 15) is 5.11 Å². The number of hydrogen-bond acceptors (Lipinski definition) is 3. The first-order chi connectivity index (χ1) is 9.19. The van der Waals surface area contributed by atoms with Gasteiger partial charge in [0.25, 0.3) is 0 Å². The summed E-state index contributed by atoms with van der Waals surface area (Å²) in [5, 5.41) is 9.30. The summed E-state index contributed by atoms with van der Waals surface area (Å²) in [6, 6.07) is 10.3. The lowest BCUT2D eigenvalue weighted by Crippen LogP contribution is -2.26. The molecule has 0 fully saturated rings. The summed E-state index contributed by atoms with van der Waals surface area (Å²) in [6.07, 6.45) is 2.52. The van der Waals surface area contributed by atoms with Crippen LogP contribution >= 0.6 is 0 Å². The van der Waals surface area contributed by atoms with Crippen LogP contribution < -0.4 is 0 Å². The molecule has 2 atom stereocenters. The molecule has 3 heteroatoms. The van der Waals surface area contributed by atoms with Gasteiger partial charge < -0.3 is 14.6 Å². The third-order valence-electron chi connectivity index (χ3n) is 3.12. The molecule has 19 heavy (non-hydrogen) atoms. The normalized spacial score (nSPS) is 23.1. The van der Waals surface area contributed by atoms with Crippen molar-refractivity contribution in [3.05, 3.63) is 47.7 Å². The molecule has 0 saturated heterocycles. The highest BCUT2D eigenvalue weighted by Crippen LogP contribution is 2.31. The number of allylic oxidation sites excluding steroid dienone is 1. The van der Waals surface area contributed by atoms with Gasteiger partial charge in [0.05, 0.1) is 6.61 Å². The van der Waals surface area contributed by atoms with Crippen LogP contribution in [0.1, 0.15) is 31.7 Å². The third-order valence-corrected chi connectivity index (χ3v) is 3.12. The Morgan fingerprint density at radius 2 is 2.05 bits per heavy atom. The molecule has 0 amide bonds. The number of rotatable bonds is 5. The number of ether oxygens (including phenoxy) is 2. The average Bonchev–Trinajstić information content (AvgIpc) is 2.45. The second kappa shape index (κ2) is 6.73. The first kappa shape index (κ1) is 14.1. The summed E-state index contributed by atoms with van der Waals surface area (Å²) in [5.74, 6) is 1.32. The maximum Gasteiger partial charge on any atom is 0.200 e. The molecule has 3 nitrogen and oxygen atoms in total. The smallest absolute Gasteiger partial charge is 0.200 e. The summed E-state index contributed by atoms with van der Waals surface area (Å²) in [4.78, 5) is 0. The fourth-order valence-electron chi connectivity index (χ4n) is 2.18. The largest absolute Gasteiger partial charge is 0.467 e. The lowest BCUT2D eigenvalue weighted by atomic mass is 9.93. The fourth-order valence-corrected chi connectivity index (χ4v) is 2.18. The summed E-state index contributed by atoms with van der Waals surface area (Å²) >= 11 is 0. The molecular formula is C16H22O3. The van der Waals surface area contributed by atoms with Crippen molar-refractivity contribution in [1.82, 2.24) is 0 Å². The third kappa shape index (κ3) is 4.08. The number of hydrogen-bond donors (Lipinski definition) is 1. The number of aliphatic hydroxyl groups excluding tert-OH is 1. The zero-order chi connectivity index (χ0) is 13.7. The monoisotopic (exact) mass is 262 g/mol. The Labute approximate surface area is 114 Å². The van der Waals surface area contributed by atoms with Crippen molar-refractivity contribution in [1.29, 1.82) is 0 Å². The van der Waals surface area contributed by atoms with E-state index in [-0.39, 0.29) is 18.8 Å². The van der Waals surface area contributed by atoms with Crippen molar-refractivity contribution < 1.29 is 14.6 Å². The van der Waals surface area contributed by atoms with Crippen LogP contribution in [0.15, 0.2) is 42.2 Å². The molecule has 1 aromatic rings. The Morgan fingerprint density at radius 1 is 1.32 bits per heavy atom. The molecule has 2 rings (SSSR count). The Kier molecular flexibility index (Phi) is 5.00. The van der Waals surface area contributed by atoms with Crippen LogP contribution in [0.2, 0.25) is 0 Å². The molecule has 104 valence electrons. The molecule has 1 aromatic carbocycles. The van der Waals surface area contributed by atoms with E-state index in [1.165, 1.54) is 5.56 Å². The molecule has 1 aliphatic heterocycles. The summed E-state index contributed by atoms with van der Waals surface area (Å²) in [6.45, 7) is 4.82. The van der Waals surface area contributed by atoms with Gasteiger partial charge in [-0.3, -0.25) is 0 Å². The van der Waals surface area contributed by atoms with Gasteiger partial charge in [0, 0.05) is 12.3 Å². The van der Waals surface area contributed by atoms with Crippen molar-refractivity contribution in [3.63, 3.8) is 0 Å². The van der Waals surface area contributed by atoms with Crippen molar-refractivity contribution in [2.45, 2.75) is 32.5 Å². The van der Waals surface area contributed by atoms with Crippen LogP contribution in [0.5, 0.6) is 0 Å². The van der Waals surface area contributed by atoms with E-state index in [0.717, 1.165) is 6.42 Å². The highest BCUT2D eigenvalue weighted by molar-refractivity contribution is 5.25. The van der Waals surface area contributed by atoms with Gasteiger partial charge in [0.2, 0.25) is 0 Å². The standard InChI is InChI=1S/C16H22O3/c1-12(2)11-18-16-9-14(8-15(10-17)19-16)13-6-4-3-5-7-13/h3-8,12,14,16-17H,9-11H2,1-2H3/t14-,16-/m0/s1. The maximum absolute atomic E-state index is 9.30. The van der Waals surface area contributed by atoms with Gasteiger partial charge in [-0.05, 0) is 17.6 Å². The fraction of sp³-hybridized carbons (Fsp3) is 0.500. The predicted octanol–water partition coefficient (Wildman–Crippen LogP) is 3.07. The molecule has 0 bridgehead atoms. The van der Waals surface area contributed by atoms with Gasteiger partial charge in [-0.25, -0.2) is 0 Å². The van der Waals surface area contributed by atoms with E-state index in [1.54, 1.807) is 0 Å². The van der Waals surface area contributed by atoms with Crippen molar-refractivity contribution >= 4 is 0 Å². The molecular weight excluding hydrogens is 240 g/mol. The lowest BCUT2D eigenvalue weighted by molar-refractivity contribution is -0.139. The highest BCUT2D eigenvalue weighted by atomic mass is 16.7. The average molecular weight is 262 g/mol. The highest BCUT2D eigenvalue weighted by Gasteiger charge is 2.25. The Morgan fingerprint density at radius 3 is 2.68 bits per heavy atom. The second-order valence-corrected chi connectivity index (χ2v) is 5.32. The molecule has 1 heterocycles. The minimum atomic E-state index is -0.264. The maximum atomic E-state index is 9.30. The molecule has 1 N–H and O–H groups in total. The van der Waals surface area contributed by atoms with E-state index in [1.807, 2.05) is 24.3 Å². The second-order valence-electron chi connectivity index (χ2n) is 5.32. The molecule has 0 aliphatic carbocycles. The van der Waals surface area contributed by atoms with E-state index in [2.05, 4.69) is 26.0 Å². The van der Waals surface area contributed by atoms with Crippen LogP contribution in [-0.2, 0) is 9.47 Å². The minimum Gasteiger partial charge on any atom is -0.467 e. The zero-order valence-electron chi connectivity index (χ0n) is 11.6. The van der Waals surface area contributed by atoms with Crippen LogP contribution in [0, 0.1) is 5.92 Å².